The average molecular weight is 275 g/mol. The third-order valence-corrected chi connectivity index (χ3v) is 4.01. The Balaban J connectivity index is 1.87. The number of nitrogens with one attached hydrogen (secondary N) is 1. The third-order valence-electron chi connectivity index (χ3n) is 2.95. The van der Waals surface area contributed by atoms with Gasteiger partial charge in [-0.15, -0.1) is 0 Å². The van der Waals surface area contributed by atoms with E-state index in [4.69, 9.17) is 4.42 Å². The topological polar surface area (TPSA) is 25.2 Å². The number of benzene rings is 1. The molecule has 0 radical (unpaired) electrons. The van der Waals surface area contributed by atoms with Gasteiger partial charge < -0.3 is 9.73 Å². The van der Waals surface area contributed by atoms with Crippen molar-refractivity contribution in [2.75, 3.05) is 12.3 Å². The maximum atomic E-state index is 5.36. The molecule has 1 unspecified atom stereocenters. The Morgan fingerprint density at radius 3 is 2.68 bits per heavy atom. The highest BCUT2D eigenvalue weighted by Crippen LogP contribution is 2.21. The second kappa shape index (κ2) is 8.08. The third kappa shape index (κ3) is 4.77. The zero-order valence-electron chi connectivity index (χ0n) is 11.3. The van der Waals surface area contributed by atoms with Crippen LogP contribution in [0.1, 0.15) is 30.7 Å². The summed E-state index contributed by atoms with van der Waals surface area (Å²) in [5, 5.41) is 3.61. The molecule has 3 heteroatoms. The van der Waals surface area contributed by atoms with Crippen LogP contribution >= 0.6 is 11.8 Å². The van der Waals surface area contributed by atoms with Crippen molar-refractivity contribution in [2.45, 2.75) is 25.1 Å². The van der Waals surface area contributed by atoms with E-state index >= 15 is 0 Å². The van der Waals surface area contributed by atoms with E-state index in [1.165, 1.54) is 5.56 Å². The molecule has 2 aromatic rings. The van der Waals surface area contributed by atoms with Crippen molar-refractivity contribution in [3.8, 4) is 0 Å². The van der Waals surface area contributed by atoms with Gasteiger partial charge in [0.25, 0.3) is 0 Å². The fraction of sp³-hybridized carbons (Fsp3) is 0.375. The van der Waals surface area contributed by atoms with Gasteiger partial charge in [0, 0.05) is 11.8 Å². The van der Waals surface area contributed by atoms with Crippen LogP contribution in [0.3, 0.4) is 0 Å². The van der Waals surface area contributed by atoms with Gasteiger partial charge >= 0.3 is 0 Å². The minimum absolute atomic E-state index is 0.418. The molecule has 0 aliphatic carbocycles. The summed E-state index contributed by atoms with van der Waals surface area (Å²) in [6.45, 7) is 3.26. The molecule has 0 saturated heterocycles. The van der Waals surface area contributed by atoms with Gasteiger partial charge in [-0.25, -0.2) is 0 Å². The molecule has 0 bridgehead atoms. The first-order valence-electron chi connectivity index (χ1n) is 6.78. The van der Waals surface area contributed by atoms with E-state index < -0.39 is 0 Å². The maximum Gasteiger partial charge on any atom is 0.113 e. The molecular formula is C16H21NOS. The van der Waals surface area contributed by atoms with Crippen LogP contribution in [-0.4, -0.2) is 12.3 Å². The molecule has 2 nitrogen and oxygen atoms in total. The first-order chi connectivity index (χ1) is 9.40. The fourth-order valence-corrected chi connectivity index (χ4v) is 2.98. The van der Waals surface area contributed by atoms with E-state index in [1.807, 2.05) is 23.9 Å². The smallest absolute Gasteiger partial charge is 0.113 e. The first kappa shape index (κ1) is 14.2. The molecule has 19 heavy (non-hydrogen) atoms. The lowest BCUT2D eigenvalue weighted by Gasteiger charge is -2.18. The van der Waals surface area contributed by atoms with Gasteiger partial charge in [0.15, 0.2) is 0 Å². The second-order valence-electron chi connectivity index (χ2n) is 4.51. The van der Waals surface area contributed by atoms with Crippen LogP contribution in [0.15, 0.2) is 53.1 Å². The molecule has 1 aromatic heterocycles. The average Bonchev–Trinajstić information content (AvgIpc) is 2.97. The predicted molar refractivity (Wildman–Crippen MR) is 82.3 cm³/mol. The summed E-state index contributed by atoms with van der Waals surface area (Å²) in [5.41, 5.74) is 1.36. The van der Waals surface area contributed by atoms with Gasteiger partial charge in [-0.1, -0.05) is 37.3 Å². The maximum absolute atomic E-state index is 5.36. The van der Waals surface area contributed by atoms with Crippen molar-refractivity contribution in [1.82, 2.24) is 5.32 Å². The Morgan fingerprint density at radius 1 is 1.16 bits per heavy atom. The normalized spacial score (nSPS) is 12.5. The minimum atomic E-state index is 0.418. The summed E-state index contributed by atoms with van der Waals surface area (Å²) >= 11 is 1.91. The Kier molecular flexibility index (Phi) is 6.05. The summed E-state index contributed by atoms with van der Waals surface area (Å²) in [6.07, 6.45) is 2.89. The molecule has 0 saturated carbocycles. The predicted octanol–water partition coefficient (Wildman–Crippen LogP) is 4.25. The van der Waals surface area contributed by atoms with Gasteiger partial charge in [-0.05, 0) is 30.7 Å². The molecule has 0 spiro atoms. The molecule has 0 fully saturated rings. The molecule has 0 aliphatic heterocycles. The Bertz CT molecular complexity index is 441. The van der Waals surface area contributed by atoms with Gasteiger partial charge in [0.2, 0.25) is 0 Å². The molecular weight excluding hydrogens is 254 g/mol. The first-order valence-corrected chi connectivity index (χ1v) is 7.94. The lowest BCUT2D eigenvalue weighted by atomic mass is 10.1. The van der Waals surface area contributed by atoms with Crippen molar-refractivity contribution >= 4 is 11.8 Å². The largest absolute Gasteiger partial charge is 0.468 e. The van der Waals surface area contributed by atoms with E-state index in [1.54, 1.807) is 6.26 Å². The van der Waals surface area contributed by atoms with Gasteiger partial charge in [-0.3, -0.25) is 0 Å². The SMILES string of the molecule is CCCNC(CSCc1ccco1)c1ccccc1. The quantitative estimate of drug-likeness (QED) is 0.779. The van der Waals surface area contributed by atoms with Crippen molar-refractivity contribution in [2.24, 2.45) is 0 Å². The zero-order valence-corrected chi connectivity index (χ0v) is 12.2. The Hall–Kier alpha value is -1.19. The zero-order chi connectivity index (χ0) is 13.3. The van der Waals surface area contributed by atoms with Crippen LogP contribution in [0.2, 0.25) is 0 Å². The van der Waals surface area contributed by atoms with Crippen molar-refractivity contribution in [1.29, 1.82) is 0 Å². The molecule has 1 atom stereocenters. The molecule has 1 heterocycles. The minimum Gasteiger partial charge on any atom is -0.468 e. The number of furan rings is 1. The van der Waals surface area contributed by atoms with Crippen LogP contribution in [0.5, 0.6) is 0 Å². The van der Waals surface area contributed by atoms with Gasteiger partial charge in [0.1, 0.15) is 5.76 Å². The van der Waals surface area contributed by atoms with E-state index in [9.17, 15) is 0 Å². The fourth-order valence-electron chi connectivity index (χ4n) is 1.95. The lowest BCUT2D eigenvalue weighted by molar-refractivity contribution is 0.529. The summed E-state index contributed by atoms with van der Waals surface area (Å²) in [5.74, 6) is 3.04. The van der Waals surface area contributed by atoms with Crippen LogP contribution in [0.25, 0.3) is 0 Å². The van der Waals surface area contributed by atoms with E-state index in [0.717, 1.165) is 30.2 Å². The highest BCUT2D eigenvalue weighted by Gasteiger charge is 2.10. The summed E-state index contributed by atoms with van der Waals surface area (Å²) in [4.78, 5) is 0. The van der Waals surface area contributed by atoms with E-state index in [-0.39, 0.29) is 0 Å². The number of rotatable bonds is 8. The van der Waals surface area contributed by atoms with Crippen LogP contribution in [0.4, 0.5) is 0 Å². The van der Waals surface area contributed by atoms with Crippen molar-refractivity contribution < 1.29 is 4.42 Å². The summed E-state index contributed by atoms with van der Waals surface area (Å²) in [6, 6.07) is 15.1. The van der Waals surface area contributed by atoms with Crippen LogP contribution in [-0.2, 0) is 5.75 Å². The molecule has 0 aliphatic rings. The highest BCUT2D eigenvalue weighted by molar-refractivity contribution is 7.98. The molecule has 1 N–H and O–H groups in total. The van der Waals surface area contributed by atoms with Crippen LogP contribution < -0.4 is 5.32 Å². The molecule has 1 aromatic carbocycles. The number of hydrogen-bond donors (Lipinski definition) is 1. The van der Waals surface area contributed by atoms with Crippen LogP contribution in [0, 0.1) is 0 Å². The Morgan fingerprint density at radius 2 is 2.00 bits per heavy atom. The van der Waals surface area contributed by atoms with Gasteiger partial charge in [0.05, 0.1) is 12.0 Å². The van der Waals surface area contributed by atoms with Crippen molar-refractivity contribution in [3.63, 3.8) is 0 Å². The monoisotopic (exact) mass is 275 g/mol. The Labute approximate surface area is 119 Å². The summed E-state index contributed by atoms with van der Waals surface area (Å²) in [7, 11) is 0. The number of hydrogen-bond acceptors (Lipinski definition) is 3. The molecule has 0 amide bonds. The highest BCUT2D eigenvalue weighted by atomic mass is 32.2. The standard InChI is InChI=1S/C16H21NOS/c1-2-10-17-16(14-7-4-3-5-8-14)13-19-12-15-9-6-11-18-15/h3-9,11,16-17H,2,10,12-13H2,1H3. The molecule has 102 valence electrons. The van der Waals surface area contributed by atoms with E-state index in [2.05, 4.69) is 42.6 Å². The van der Waals surface area contributed by atoms with Gasteiger partial charge in [-0.2, -0.15) is 11.8 Å². The second-order valence-corrected chi connectivity index (χ2v) is 5.54. The van der Waals surface area contributed by atoms with E-state index in [0.29, 0.717) is 6.04 Å². The van der Waals surface area contributed by atoms with Crippen molar-refractivity contribution in [3.05, 3.63) is 60.1 Å². The lowest BCUT2D eigenvalue weighted by Crippen LogP contribution is -2.24. The summed E-state index contributed by atoms with van der Waals surface area (Å²) < 4.78 is 5.36. The molecule has 2 rings (SSSR count). The number of thioether (sulfide) groups is 1.